The number of hydrogen-bond acceptors (Lipinski definition) is 6. The fourth-order valence-electron chi connectivity index (χ4n) is 3.10. The van der Waals surface area contributed by atoms with Crippen LogP contribution in [-0.4, -0.2) is 44.9 Å². The second kappa shape index (κ2) is 6.82. The molecule has 1 N–H and O–H groups in total. The molecule has 1 fully saturated rings. The highest BCUT2D eigenvalue weighted by molar-refractivity contribution is 5.48. The van der Waals surface area contributed by atoms with Gasteiger partial charge in [0.25, 0.3) is 0 Å². The molecule has 0 aliphatic carbocycles. The van der Waals surface area contributed by atoms with Crippen molar-refractivity contribution in [3.05, 3.63) is 42.0 Å². The Bertz CT molecular complexity index is 790. The van der Waals surface area contributed by atoms with Gasteiger partial charge in [0.15, 0.2) is 5.65 Å². The largest absolute Gasteiger partial charge is 0.372 e. The maximum atomic E-state index is 4.30. The first kappa shape index (κ1) is 14.9. The summed E-state index contributed by atoms with van der Waals surface area (Å²) in [6.07, 6.45) is 4.94. The van der Waals surface area contributed by atoms with Gasteiger partial charge in [-0.1, -0.05) is 12.1 Å². The summed E-state index contributed by atoms with van der Waals surface area (Å²) in [5, 5.41) is 18.8. The normalized spacial score (nSPS) is 14.9. The molecule has 0 spiro atoms. The van der Waals surface area contributed by atoms with E-state index in [-0.39, 0.29) is 0 Å². The molecule has 0 saturated carbocycles. The van der Waals surface area contributed by atoms with E-state index < -0.39 is 0 Å². The third kappa shape index (κ3) is 3.29. The average molecular weight is 323 g/mol. The van der Waals surface area contributed by atoms with Crippen molar-refractivity contribution in [1.82, 2.24) is 25.3 Å². The summed E-state index contributed by atoms with van der Waals surface area (Å²) in [5.41, 5.74) is 3.32. The van der Waals surface area contributed by atoms with Crippen molar-refractivity contribution in [2.24, 2.45) is 0 Å². The predicted molar refractivity (Wildman–Crippen MR) is 93.3 cm³/mol. The van der Waals surface area contributed by atoms with Gasteiger partial charge in [0.2, 0.25) is 0 Å². The Morgan fingerprint density at radius 1 is 0.958 bits per heavy atom. The van der Waals surface area contributed by atoms with Gasteiger partial charge in [-0.05, 0) is 65.9 Å². The highest BCUT2D eigenvalue weighted by Crippen LogP contribution is 2.20. The van der Waals surface area contributed by atoms with Crippen LogP contribution in [0.2, 0.25) is 0 Å². The van der Waals surface area contributed by atoms with Crippen LogP contribution in [0, 0.1) is 0 Å². The summed E-state index contributed by atoms with van der Waals surface area (Å²) < 4.78 is 1.43. The van der Waals surface area contributed by atoms with Crippen LogP contribution in [0.3, 0.4) is 0 Å². The van der Waals surface area contributed by atoms with Crippen LogP contribution in [0.5, 0.6) is 0 Å². The number of fused-ring (bicyclic) bond motifs is 1. The van der Waals surface area contributed by atoms with Gasteiger partial charge < -0.3 is 10.2 Å². The number of anilines is 2. The van der Waals surface area contributed by atoms with Crippen molar-refractivity contribution < 1.29 is 0 Å². The molecule has 0 bridgehead atoms. The van der Waals surface area contributed by atoms with E-state index in [1.807, 2.05) is 12.1 Å². The maximum absolute atomic E-state index is 4.30. The van der Waals surface area contributed by atoms with Gasteiger partial charge in [-0.2, -0.15) is 0 Å². The van der Waals surface area contributed by atoms with Crippen molar-refractivity contribution in [3.63, 3.8) is 0 Å². The third-order valence-corrected chi connectivity index (χ3v) is 4.45. The number of tetrazole rings is 1. The molecule has 7 nitrogen and oxygen atoms in total. The van der Waals surface area contributed by atoms with E-state index >= 15 is 0 Å². The molecule has 2 aromatic heterocycles. The molecule has 0 radical (unpaired) electrons. The number of hydrogen-bond donors (Lipinski definition) is 1. The third-order valence-electron chi connectivity index (χ3n) is 4.45. The maximum Gasteiger partial charge on any atom is 0.200 e. The van der Waals surface area contributed by atoms with Crippen molar-refractivity contribution in [2.45, 2.75) is 25.7 Å². The van der Waals surface area contributed by atoms with Gasteiger partial charge in [0.05, 0.1) is 0 Å². The first-order chi connectivity index (χ1) is 11.9. The Labute approximate surface area is 140 Å². The van der Waals surface area contributed by atoms with E-state index in [0.29, 0.717) is 5.65 Å². The number of aromatic nitrogens is 5. The summed E-state index contributed by atoms with van der Waals surface area (Å²) >= 11 is 0. The molecular weight excluding hydrogens is 302 g/mol. The molecule has 7 heteroatoms. The first-order valence-corrected chi connectivity index (χ1v) is 8.52. The smallest absolute Gasteiger partial charge is 0.200 e. The van der Waals surface area contributed by atoms with E-state index in [1.165, 1.54) is 48.2 Å². The van der Waals surface area contributed by atoms with Crippen LogP contribution >= 0.6 is 0 Å². The van der Waals surface area contributed by atoms with Crippen LogP contribution in [-0.2, 0) is 6.42 Å². The Kier molecular flexibility index (Phi) is 4.22. The second-order valence-electron chi connectivity index (χ2n) is 6.14. The summed E-state index contributed by atoms with van der Waals surface area (Å²) in [6, 6.07) is 12.7. The minimum Gasteiger partial charge on any atom is -0.372 e. The van der Waals surface area contributed by atoms with Crippen molar-refractivity contribution in [3.8, 4) is 0 Å². The quantitative estimate of drug-likeness (QED) is 0.776. The van der Waals surface area contributed by atoms with E-state index in [9.17, 15) is 0 Å². The molecule has 0 atom stereocenters. The molecule has 1 aliphatic rings. The fraction of sp³-hybridized carbons (Fsp3) is 0.412. The van der Waals surface area contributed by atoms with Crippen molar-refractivity contribution in [1.29, 1.82) is 0 Å². The van der Waals surface area contributed by atoms with E-state index in [4.69, 9.17) is 0 Å². The number of benzene rings is 1. The van der Waals surface area contributed by atoms with Gasteiger partial charge >= 0.3 is 0 Å². The Hall–Kier alpha value is -2.70. The molecule has 0 amide bonds. The molecule has 1 aliphatic heterocycles. The van der Waals surface area contributed by atoms with Crippen LogP contribution in [0.15, 0.2) is 36.4 Å². The zero-order valence-corrected chi connectivity index (χ0v) is 13.6. The summed E-state index contributed by atoms with van der Waals surface area (Å²) in [7, 11) is 0. The summed E-state index contributed by atoms with van der Waals surface area (Å²) in [4.78, 5) is 2.48. The van der Waals surface area contributed by atoms with Gasteiger partial charge in [0, 0.05) is 25.3 Å². The molecule has 3 heterocycles. The minimum atomic E-state index is 0.647. The Morgan fingerprint density at radius 2 is 1.79 bits per heavy atom. The minimum absolute atomic E-state index is 0.647. The first-order valence-electron chi connectivity index (χ1n) is 8.52. The zero-order chi connectivity index (χ0) is 16.2. The van der Waals surface area contributed by atoms with Crippen LogP contribution in [0.25, 0.3) is 5.65 Å². The Morgan fingerprint density at radius 3 is 2.62 bits per heavy atom. The Balaban J connectivity index is 1.32. The molecule has 3 aromatic rings. The van der Waals surface area contributed by atoms with E-state index in [0.717, 1.165) is 18.8 Å². The highest BCUT2D eigenvalue weighted by atomic mass is 15.6. The molecular formula is C17H21N7. The predicted octanol–water partition coefficient (Wildman–Crippen LogP) is 2.16. The lowest BCUT2D eigenvalue weighted by Gasteiger charge is -2.28. The molecule has 0 unspecified atom stereocenters. The molecule has 124 valence electrons. The second-order valence-corrected chi connectivity index (χ2v) is 6.14. The number of nitrogens with one attached hydrogen (secondary N) is 1. The van der Waals surface area contributed by atoms with Gasteiger partial charge in [0.1, 0.15) is 5.82 Å². The molecule has 1 saturated heterocycles. The standard InChI is InChI=1S/C17H21N7/c1-2-12-23(13-3-1)15-6-4-14(5-7-15)10-11-18-16-8-9-17-19-21-22-24(17)20-16/h4-9H,1-3,10-13H2,(H,18,20). The highest BCUT2D eigenvalue weighted by Gasteiger charge is 2.10. The zero-order valence-electron chi connectivity index (χ0n) is 13.6. The topological polar surface area (TPSA) is 71.2 Å². The van der Waals surface area contributed by atoms with Crippen molar-refractivity contribution >= 4 is 17.2 Å². The lowest BCUT2D eigenvalue weighted by Crippen LogP contribution is -2.29. The average Bonchev–Trinajstić information content (AvgIpc) is 3.11. The lowest BCUT2D eigenvalue weighted by atomic mass is 10.1. The van der Waals surface area contributed by atoms with E-state index in [1.54, 1.807) is 0 Å². The molecule has 4 rings (SSSR count). The van der Waals surface area contributed by atoms with Crippen LogP contribution in [0.4, 0.5) is 11.5 Å². The van der Waals surface area contributed by atoms with Crippen LogP contribution in [0.1, 0.15) is 24.8 Å². The lowest BCUT2D eigenvalue weighted by molar-refractivity contribution is 0.578. The van der Waals surface area contributed by atoms with Gasteiger partial charge in [-0.15, -0.1) is 14.8 Å². The summed E-state index contributed by atoms with van der Waals surface area (Å²) in [6.45, 7) is 3.20. The SMILES string of the molecule is c1cc(N2CCCCC2)ccc1CCNc1ccc2nnnn2n1. The fourth-order valence-corrected chi connectivity index (χ4v) is 3.10. The van der Waals surface area contributed by atoms with Gasteiger partial charge in [-0.25, -0.2) is 0 Å². The van der Waals surface area contributed by atoms with Gasteiger partial charge in [-0.3, -0.25) is 0 Å². The molecule has 1 aromatic carbocycles. The van der Waals surface area contributed by atoms with E-state index in [2.05, 4.69) is 55.1 Å². The monoisotopic (exact) mass is 323 g/mol. The van der Waals surface area contributed by atoms with Crippen molar-refractivity contribution in [2.75, 3.05) is 29.9 Å². The molecule has 24 heavy (non-hydrogen) atoms. The number of rotatable bonds is 5. The number of nitrogens with zero attached hydrogens (tertiary/aromatic N) is 6. The van der Waals surface area contributed by atoms with Crippen LogP contribution < -0.4 is 10.2 Å². The number of piperidine rings is 1. The summed E-state index contributed by atoms with van der Waals surface area (Å²) in [5.74, 6) is 0.778.